The van der Waals surface area contributed by atoms with Crippen molar-refractivity contribution in [1.82, 2.24) is 19.6 Å². The van der Waals surface area contributed by atoms with Gasteiger partial charge in [-0.3, -0.25) is 4.40 Å². The van der Waals surface area contributed by atoms with E-state index < -0.39 is 10.0 Å². The number of hydrogen-bond acceptors (Lipinski definition) is 6. The number of fused-ring (bicyclic) bond motifs is 3. The van der Waals surface area contributed by atoms with Crippen LogP contribution < -0.4 is 9.04 Å². The third-order valence-corrected chi connectivity index (χ3v) is 7.08. The van der Waals surface area contributed by atoms with E-state index in [4.69, 9.17) is 9.72 Å². The molecule has 2 aromatic heterocycles. The fourth-order valence-electron chi connectivity index (χ4n) is 3.60. The molecule has 0 aliphatic carbocycles. The molecule has 4 aromatic rings. The highest BCUT2D eigenvalue weighted by Crippen LogP contribution is 2.29. The number of rotatable bonds is 8. The van der Waals surface area contributed by atoms with Crippen LogP contribution >= 0.6 is 0 Å². The molecule has 0 aliphatic rings. The van der Waals surface area contributed by atoms with Gasteiger partial charge in [-0.25, -0.2) is 17.7 Å². The van der Waals surface area contributed by atoms with E-state index in [1.807, 2.05) is 28.7 Å². The van der Waals surface area contributed by atoms with Crippen molar-refractivity contribution < 1.29 is 13.2 Å². The minimum absolute atomic E-state index is 0.161. The number of sulfonamides is 1. The molecule has 0 amide bonds. The predicted molar refractivity (Wildman–Crippen MR) is 120 cm³/mol. The zero-order valence-electron chi connectivity index (χ0n) is 17.8. The molecule has 0 unspecified atom stereocenters. The van der Waals surface area contributed by atoms with Crippen molar-refractivity contribution in [3.63, 3.8) is 0 Å². The van der Waals surface area contributed by atoms with Gasteiger partial charge in [0.15, 0.2) is 5.82 Å². The third kappa shape index (κ3) is 3.69. The molecule has 0 saturated carbocycles. The first-order chi connectivity index (χ1) is 15.0. The monoisotopic (exact) mass is 439 g/mol. The Bertz CT molecular complexity index is 1320. The zero-order chi connectivity index (χ0) is 22.0. The Labute approximate surface area is 181 Å². The lowest BCUT2D eigenvalue weighted by Crippen LogP contribution is -2.32. The molecule has 0 radical (unpaired) electrons. The second kappa shape index (κ2) is 8.50. The van der Waals surface area contributed by atoms with E-state index in [1.165, 1.54) is 16.4 Å². The van der Waals surface area contributed by atoms with Gasteiger partial charge in [0.25, 0.3) is 10.0 Å². The first kappa shape index (κ1) is 21.0. The van der Waals surface area contributed by atoms with Gasteiger partial charge in [0, 0.05) is 13.0 Å². The van der Waals surface area contributed by atoms with Crippen LogP contribution in [-0.4, -0.2) is 41.7 Å². The number of methoxy groups -OCH3 is 1. The number of para-hydroxylation sites is 2. The smallest absolute Gasteiger partial charge is 0.265 e. The Balaban J connectivity index is 1.92. The number of aromatic nitrogens is 4. The van der Waals surface area contributed by atoms with Crippen LogP contribution in [0.25, 0.3) is 16.7 Å². The molecule has 162 valence electrons. The third-order valence-electron chi connectivity index (χ3n) is 5.20. The number of hydrogen-bond donors (Lipinski definition) is 0. The van der Waals surface area contributed by atoms with Gasteiger partial charge >= 0.3 is 0 Å². The molecule has 0 spiro atoms. The highest BCUT2D eigenvalue weighted by molar-refractivity contribution is 7.92. The molecule has 0 fully saturated rings. The van der Waals surface area contributed by atoms with Gasteiger partial charge in [-0.2, -0.15) is 0 Å². The number of aryl methyl sites for hydroxylation is 1. The van der Waals surface area contributed by atoms with E-state index in [2.05, 4.69) is 17.1 Å². The number of unbranched alkanes of at least 4 members (excludes halogenated alkanes) is 1. The summed E-state index contributed by atoms with van der Waals surface area (Å²) in [5, 5.41) is 8.72. The molecular weight excluding hydrogens is 414 g/mol. The van der Waals surface area contributed by atoms with Crippen LogP contribution in [0.1, 0.15) is 32.5 Å². The van der Waals surface area contributed by atoms with Gasteiger partial charge in [0.2, 0.25) is 5.65 Å². The van der Waals surface area contributed by atoms with Gasteiger partial charge < -0.3 is 4.74 Å². The molecule has 4 rings (SSSR count). The summed E-state index contributed by atoms with van der Waals surface area (Å²) in [7, 11) is -2.32. The van der Waals surface area contributed by atoms with Crippen LogP contribution in [0.4, 0.5) is 5.82 Å². The average molecular weight is 440 g/mol. The second-order valence-corrected chi connectivity index (χ2v) is 9.01. The normalized spacial score (nSPS) is 11.8. The summed E-state index contributed by atoms with van der Waals surface area (Å²) in [5.74, 6) is 1.66. The summed E-state index contributed by atoms with van der Waals surface area (Å²) in [6, 6.07) is 14.0. The minimum Gasteiger partial charge on any atom is -0.497 e. The second-order valence-electron chi connectivity index (χ2n) is 7.15. The van der Waals surface area contributed by atoms with Gasteiger partial charge in [0.05, 0.1) is 23.0 Å². The van der Waals surface area contributed by atoms with E-state index in [-0.39, 0.29) is 17.3 Å². The number of nitrogens with zero attached hydrogens (tertiary/aromatic N) is 5. The largest absolute Gasteiger partial charge is 0.497 e. The van der Waals surface area contributed by atoms with Crippen molar-refractivity contribution in [2.45, 2.75) is 38.0 Å². The maximum absolute atomic E-state index is 13.5. The number of benzene rings is 2. The SMILES string of the molecule is CCCCc1nnc2c(N(CC)S(=O)(=O)c3ccc(OC)cc3)nc3ccccc3n12. The first-order valence-electron chi connectivity index (χ1n) is 10.3. The van der Waals surface area contributed by atoms with Crippen LogP contribution in [0.3, 0.4) is 0 Å². The predicted octanol–water partition coefficient (Wildman–Crippen LogP) is 3.84. The molecule has 0 aliphatic heterocycles. The minimum atomic E-state index is -3.86. The molecule has 2 aromatic carbocycles. The molecule has 0 bridgehead atoms. The quantitative estimate of drug-likeness (QED) is 0.414. The fourth-order valence-corrected chi connectivity index (χ4v) is 5.02. The van der Waals surface area contributed by atoms with Crippen molar-refractivity contribution in [2.24, 2.45) is 0 Å². The van der Waals surface area contributed by atoms with Crippen molar-refractivity contribution in [1.29, 1.82) is 0 Å². The summed E-state index contributed by atoms with van der Waals surface area (Å²) in [6.07, 6.45) is 2.74. The molecule has 31 heavy (non-hydrogen) atoms. The highest BCUT2D eigenvalue weighted by atomic mass is 32.2. The summed E-state index contributed by atoms with van der Waals surface area (Å²) < 4.78 is 35.4. The average Bonchev–Trinajstić information content (AvgIpc) is 3.22. The van der Waals surface area contributed by atoms with Crippen molar-refractivity contribution in [3.8, 4) is 5.75 Å². The van der Waals surface area contributed by atoms with E-state index >= 15 is 0 Å². The Hall–Kier alpha value is -3.20. The van der Waals surface area contributed by atoms with Crippen LogP contribution in [-0.2, 0) is 16.4 Å². The number of anilines is 1. The van der Waals surface area contributed by atoms with Crippen molar-refractivity contribution in [2.75, 3.05) is 18.0 Å². The van der Waals surface area contributed by atoms with Crippen LogP contribution in [0.15, 0.2) is 53.4 Å². The van der Waals surface area contributed by atoms with Crippen LogP contribution in [0.5, 0.6) is 5.75 Å². The Kier molecular flexibility index (Phi) is 5.77. The molecule has 9 heteroatoms. The summed E-state index contributed by atoms with van der Waals surface area (Å²) >= 11 is 0. The lowest BCUT2D eigenvalue weighted by molar-refractivity contribution is 0.414. The Morgan fingerprint density at radius 3 is 2.45 bits per heavy atom. The first-order valence-corrected chi connectivity index (χ1v) is 11.7. The maximum Gasteiger partial charge on any atom is 0.265 e. The van der Waals surface area contributed by atoms with Crippen LogP contribution in [0.2, 0.25) is 0 Å². The van der Waals surface area contributed by atoms with Gasteiger partial charge in [-0.05, 0) is 49.7 Å². The molecular formula is C22H25N5O3S. The van der Waals surface area contributed by atoms with Crippen molar-refractivity contribution in [3.05, 3.63) is 54.4 Å². The van der Waals surface area contributed by atoms with E-state index in [0.29, 0.717) is 16.9 Å². The van der Waals surface area contributed by atoms with Gasteiger partial charge in [-0.15, -0.1) is 10.2 Å². The fraction of sp³-hybridized carbons (Fsp3) is 0.318. The molecule has 0 atom stereocenters. The van der Waals surface area contributed by atoms with E-state index in [0.717, 1.165) is 30.6 Å². The molecule has 2 heterocycles. The zero-order valence-corrected chi connectivity index (χ0v) is 18.6. The molecule has 8 nitrogen and oxygen atoms in total. The van der Waals surface area contributed by atoms with Gasteiger partial charge in [0.1, 0.15) is 11.6 Å². The summed E-state index contributed by atoms with van der Waals surface area (Å²) in [6.45, 7) is 4.10. The van der Waals surface area contributed by atoms with Gasteiger partial charge in [-0.1, -0.05) is 25.5 Å². The lowest BCUT2D eigenvalue weighted by atomic mass is 10.2. The van der Waals surface area contributed by atoms with E-state index in [9.17, 15) is 8.42 Å². The maximum atomic E-state index is 13.5. The topological polar surface area (TPSA) is 89.7 Å². The number of ether oxygens (including phenoxy) is 1. The molecule has 0 saturated heterocycles. The Morgan fingerprint density at radius 1 is 1.03 bits per heavy atom. The standard InChI is InChI=1S/C22H25N5O3S/c1-4-6-11-20-24-25-22-21(23-18-9-7-8-10-19(18)27(20)22)26(5-2)31(28,29)17-14-12-16(30-3)13-15-17/h7-10,12-15H,4-6,11H2,1-3H3. The highest BCUT2D eigenvalue weighted by Gasteiger charge is 2.29. The Morgan fingerprint density at radius 2 is 1.77 bits per heavy atom. The lowest BCUT2D eigenvalue weighted by Gasteiger charge is -2.22. The molecule has 0 N–H and O–H groups in total. The van der Waals surface area contributed by atoms with Crippen molar-refractivity contribution >= 4 is 32.5 Å². The van der Waals surface area contributed by atoms with E-state index in [1.54, 1.807) is 26.2 Å². The summed E-state index contributed by atoms with van der Waals surface area (Å²) in [5.41, 5.74) is 1.98. The summed E-state index contributed by atoms with van der Waals surface area (Å²) in [4.78, 5) is 4.85. The van der Waals surface area contributed by atoms with Crippen LogP contribution in [0, 0.1) is 0 Å².